The van der Waals surface area contributed by atoms with E-state index in [-0.39, 0.29) is 6.04 Å². The van der Waals surface area contributed by atoms with Crippen LogP contribution >= 0.6 is 0 Å². The van der Waals surface area contributed by atoms with Crippen LogP contribution < -0.4 is 5.32 Å². The molecular formula is C23H27N3O3S. The van der Waals surface area contributed by atoms with E-state index in [4.69, 9.17) is 4.74 Å². The highest BCUT2D eigenvalue weighted by atomic mass is 32.2. The fourth-order valence-corrected chi connectivity index (χ4v) is 4.92. The van der Waals surface area contributed by atoms with Crippen molar-refractivity contribution in [2.45, 2.75) is 25.5 Å². The van der Waals surface area contributed by atoms with E-state index >= 15 is 0 Å². The number of sulfonamides is 1. The molecule has 2 heterocycles. The van der Waals surface area contributed by atoms with Crippen LogP contribution in [0.5, 0.6) is 0 Å². The summed E-state index contributed by atoms with van der Waals surface area (Å²) in [5.41, 5.74) is 4.43. The van der Waals surface area contributed by atoms with Gasteiger partial charge in [-0.05, 0) is 59.2 Å². The first-order valence-electron chi connectivity index (χ1n) is 10.1. The van der Waals surface area contributed by atoms with Gasteiger partial charge in [-0.15, -0.1) is 0 Å². The van der Waals surface area contributed by atoms with Crippen LogP contribution in [0.15, 0.2) is 54.9 Å². The number of rotatable bonds is 6. The summed E-state index contributed by atoms with van der Waals surface area (Å²) in [6.45, 7) is 1.67. The first-order chi connectivity index (χ1) is 14.4. The minimum Gasteiger partial charge on any atom is -0.382 e. The van der Waals surface area contributed by atoms with Gasteiger partial charge in [0.25, 0.3) is 0 Å². The summed E-state index contributed by atoms with van der Waals surface area (Å²) < 4.78 is 30.4. The Hall–Kier alpha value is -2.48. The average molecular weight is 426 g/mol. The van der Waals surface area contributed by atoms with Gasteiger partial charge in [-0.3, -0.25) is 4.98 Å². The van der Waals surface area contributed by atoms with Gasteiger partial charge in [-0.2, -0.15) is 0 Å². The Labute approximate surface area is 177 Å². The zero-order chi connectivity index (χ0) is 21.1. The quantitative estimate of drug-likeness (QED) is 0.649. The van der Waals surface area contributed by atoms with Crippen molar-refractivity contribution in [1.29, 1.82) is 0 Å². The van der Waals surface area contributed by atoms with E-state index in [2.05, 4.69) is 46.7 Å². The van der Waals surface area contributed by atoms with Gasteiger partial charge in [0.2, 0.25) is 10.0 Å². The maximum Gasteiger partial charge on any atom is 0.211 e. The number of nitrogens with zero attached hydrogens (tertiary/aromatic N) is 2. The molecule has 1 saturated heterocycles. The van der Waals surface area contributed by atoms with E-state index in [1.807, 2.05) is 18.5 Å². The smallest absolute Gasteiger partial charge is 0.211 e. The highest BCUT2D eigenvalue weighted by molar-refractivity contribution is 7.88. The van der Waals surface area contributed by atoms with Crippen molar-refractivity contribution >= 4 is 26.5 Å². The Morgan fingerprint density at radius 3 is 2.67 bits per heavy atom. The number of nitrogens with one attached hydrogen (secondary N) is 1. The minimum absolute atomic E-state index is 0.224. The molecule has 0 unspecified atom stereocenters. The van der Waals surface area contributed by atoms with E-state index in [9.17, 15) is 8.42 Å². The van der Waals surface area contributed by atoms with Gasteiger partial charge in [0, 0.05) is 49.7 Å². The van der Waals surface area contributed by atoms with Crippen LogP contribution in [0.25, 0.3) is 21.9 Å². The number of fused-ring (bicyclic) bond motifs is 1. The standard InChI is InChI=1S/C23H27N3O3S/c1-29-16-17-4-3-5-18(12-17)20-13-19-6-9-24-15-22(19)23(14-20)25-21-7-10-26(11-8-21)30(2,27)28/h3-6,9,12-15,21,25H,7-8,10-11,16H2,1-2H3. The summed E-state index contributed by atoms with van der Waals surface area (Å²) in [5, 5.41) is 5.85. The third kappa shape index (κ3) is 4.64. The van der Waals surface area contributed by atoms with Crippen LogP contribution in [0, 0.1) is 0 Å². The Bertz CT molecular complexity index is 1140. The van der Waals surface area contributed by atoms with Crippen LogP contribution in [-0.4, -0.2) is 50.2 Å². The van der Waals surface area contributed by atoms with Gasteiger partial charge in [-0.25, -0.2) is 12.7 Å². The lowest BCUT2D eigenvalue weighted by atomic mass is 9.98. The largest absolute Gasteiger partial charge is 0.382 e. The summed E-state index contributed by atoms with van der Waals surface area (Å²) in [5.74, 6) is 0. The van der Waals surface area contributed by atoms with Crippen LogP contribution in [0.1, 0.15) is 18.4 Å². The number of hydrogen-bond acceptors (Lipinski definition) is 5. The third-order valence-corrected chi connectivity index (χ3v) is 6.91. The third-order valence-electron chi connectivity index (χ3n) is 5.61. The van der Waals surface area contributed by atoms with E-state index in [1.54, 1.807) is 11.4 Å². The topological polar surface area (TPSA) is 71.5 Å². The van der Waals surface area contributed by atoms with Crippen molar-refractivity contribution in [2.24, 2.45) is 0 Å². The van der Waals surface area contributed by atoms with Crippen molar-refractivity contribution in [1.82, 2.24) is 9.29 Å². The Kier molecular flexibility index (Phi) is 6.04. The number of ether oxygens (including phenoxy) is 1. The Morgan fingerprint density at radius 2 is 1.93 bits per heavy atom. The van der Waals surface area contributed by atoms with Crippen molar-refractivity contribution in [3.05, 3.63) is 60.4 Å². The zero-order valence-corrected chi connectivity index (χ0v) is 18.2. The maximum atomic E-state index is 11.8. The first kappa shape index (κ1) is 20.8. The second kappa shape index (κ2) is 8.71. The van der Waals surface area contributed by atoms with Crippen molar-refractivity contribution in [2.75, 3.05) is 31.8 Å². The zero-order valence-electron chi connectivity index (χ0n) is 17.3. The molecule has 0 spiro atoms. The van der Waals surface area contributed by atoms with Crippen LogP contribution in [0.3, 0.4) is 0 Å². The molecule has 4 rings (SSSR count). The molecule has 1 N–H and O–H groups in total. The second-order valence-electron chi connectivity index (χ2n) is 7.83. The first-order valence-corrected chi connectivity index (χ1v) is 12.0. The van der Waals surface area contributed by atoms with Crippen LogP contribution in [0.4, 0.5) is 5.69 Å². The van der Waals surface area contributed by atoms with Crippen LogP contribution in [0.2, 0.25) is 0 Å². The molecule has 1 aromatic heterocycles. The van der Waals surface area contributed by atoms with Gasteiger partial charge in [0.05, 0.1) is 12.9 Å². The van der Waals surface area contributed by atoms with E-state index in [0.717, 1.165) is 46.0 Å². The van der Waals surface area contributed by atoms with E-state index in [0.29, 0.717) is 19.7 Å². The molecule has 0 saturated carbocycles. The second-order valence-corrected chi connectivity index (χ2v) is 9.82. The number of benzene rings is 2. The highest BCUT2D eigenvalue weighted by Crippen LogP contribution is 2.32. The molecule has 0 atom stereocenters. The Morgan fingerprint density at radius 1 is 1.13 bits per heavy atom. The summed E-state index contributed by atoms with van der Waals surface area (Å²) in [6.07, 6.45) is 6.53. The highest BCUT2D eigenvalue weighted by Gasteiger charge is 2.25. The lowest BCUT2D eigenvalue weighted by molar-refractivity contribution is 0.185. The molecule has 0 radical (unpaired) electrons. The lowest BCUT2D eigenvalue weighted by Crippen LogP contribution is -2.41. The predicted octanol–water partition coefficient (Wildman–Crippen LogP) is 3.88. The summed E-state index contributed by atoms with van der Waals surface area (Å²) in [6, 6.07) is 15.0. The SMILES string of the molecule is COCc1cccc(-c2cc(NC3CCN(S(C)(=O)=O)CC3)c3cnccc3c2)c1. The number of piperidine rings is 1. The molecule has 158 valence electrons. The van der Waals surface area contributed by atoms with E-state index < -0.39 is 10.0 Å². The van der Waals surface area contributed by atoms with Crippen LogP contribution in [-0.2, 0) is 21.4 Å². The molecule has 30 heavy (non-hydrogen) atoms. The molecule has 0 bridgehead atoms. The summed E-state index contributed by atoms with van der Waals surface area (Å²) in [4.78, 5) is 4.31. The molecular weight excluding hydrogens is 398 g/mol. The van der Waals surface area contributed by atoms with Crippen molar-refractivity contribution in [3.8, 4) is 11.1 Å². The molecule has 7 heteroatoms. The van der Waals surface area contributed by atoms with Gasteiger partial charge < -0.3 is 10.1 Å². The maximum absolute atomic E-state index is 11.8. The number of pyridine rings is 1. The van der Waals surface area contributed by atoms with Gasteiger partial charge >= 0.3 is 0 Å². The van der Waals surface area contributed by atoms with Gasteiger partial charge in [0.15, 0.2) is 0 Å². The predicted molar refractivity (Wildman–Crippen MR) is 121 cm³/mol. The molecule has 1 fully saturated rings. The lowest BCUT2D eigenvalue weighted by Gasteiger charge is -2.31. The number of aromatic nitrogens is 1. The number of hydrogen-bond donors (Lipinski definition) is 1. The minimum atomic E-state index is -3.12. The molecule has 0 aliphatic carbocycles. The summed E-state index contributed by atoms with van der Waals surface area (Å²) in [7, 11) is -1.42. The molecule has 6 nitrogen and oxygen atoms in total. The van der Waals surface area contributed by atoms with E-state index in [1.165, 1.54) is 6.26 Å². The van der Waals surface area contributed by atoms with Crippen molar-refractivity contribution < 1.29 is 13.2 Å². The monoisotopic (exact) mass is 425 g/mol. The molecule has 2 aromatic carbocycles. The normalized spacial score (nSPS) is 16.1. The van der Waals surface area contributed by atoms with Gasteiger partial charge in [0.1, 0.15) is 0 Å². The van der Waals surface area contributed by atoms with Gasteiger partial charge in [-0.1, -0.05) is 18.2 Å². The number of methoxy groups -OCH3 is 1. The van der Waals surface area contributed by atoms with Crippen molar-refractivity contribution in [3.63, 3.8) is 0 Å². The molecule has 3 aromatic rings. The summed E-state index contributed by atoms with van der Waals surface area (Å²) >= 11 is 0. The fraction of sp³-hybridized carbons (Fsp3) is 0.348. The molecule has 0 amide bonds. The number of anilines is 1. The Balaban J connectivity index is 1.64. The average Bonchev–Trinajstić information content (AvgIpc) is 2.74. The fourth-order valence-electron chi connectivity index (χ4n) is 4.04. The molecule has 1 aliphatic heterocycles. The molecule has 1 aliphatic rings.